The fraction of sp³-hybridized carbons (Fsp3) is 0.308. The number of carboxylic acid groups (broad SMARTS) is 1. The lowest BCUT2D eigenvalue weighted by Gasteiger charge is -2.19. The van der Waals surface area contributed by atoms with E-state index in [1.165, 1.54) is 7.11 Å². The lowest BCUT2D eigenvalue weighted by molar-refractivity contribution is -0.141. The Labute approximate surface area is 186 Å². The molecule has 1 aromatic heterocycles. The Bertz CT molecular complexity index is 1110. The summed E-state index contributed by atoms with van der Waals surface area (Å²) in [5, 5.41) is 9.20. The van der Waals surface area contributed by atoms with Crippen LogP contribution in [0.4, 0.5) is 4.39 Å². The highest BCUT2D eigenvalue weighted by Crippen LogP contribution is 2.35. The Morgan fingerprint density at radius 2 is 2.03 bits per heavy atom. The molecule has 0 radical (unpaired) electrons. The van der Waals surface area contributed by atoms with Crippen molar-refractivity contribution in [2.75, 3.05) is 7.11 Å². The normalized spacial score (nSPS) is 16.4. The number of aromatic nitrogens is 1. The molecule has 0 bridgehead atoms. The summed E-state index contributed by atoms with van der Waals surface area (Å²) in [4.78, 5) is 15.1. The van der Waals surface area contributed by atoms with Gasteiger partial charge in [0, 0.05) is 11.6 Å². The predicted octanol–water partition coefficient (Wildman–Crippen LogP) is 5.62. The number of benzene rings is 2. The van der Waals surface area contributed by atoms with Gasteiger partial charge >= 0.3 is 5.97 Å². The molecule has 0 amide bonds. The van der Waals surface area contributed by atoms with E-state index in [1.54, 1.807) is 13.0 Å². The quantitative estimate of drug-likeness (QED) is 0.545. The van der Waals surface area contributed by atoms with Crippen molar-refractivity contribution < 1.29 is 23.8 Å². The molecular weight excluding hydrogens is 409 g/mol. The van der Waals surface area contributed by atoms with Crippen molar-refractivity contribution in [1.29, 1.82) is 0 Å². The Morgan fingerprint density at radius 3 is 2.75 bits per heavy atom. The number of pyridine rings is 1. The van der Waals surface area contributed by atoms with Crippen LogP contribution in [0.25, 0.3) is 11.1 Å². The molecule has 1 N–H and O–H groups in total. The zero-order valence-corrected chi connectivity index (χ0v) is 18.2. The molecule has 6 heteroatoms. The van der Waals surface area contributed by atoms with Crippen molar-refractivity contribution in [3.63, 3.8) is 0 Å². The molecule has 0 saturated carbocycles. The van der Waals surface area contributed by atoms with Gasteiger partial charge in [-0.25, -0.2) is 9.37 Å². The van der Waals surface area contributed by atoms with Crippen LogP contribution in [0.1, 0.15) is 42.6 Å². The number of methoxy groups -OCH3 is 1. The Balaban J connectivity index is 1.56. The largest absolute Gasteiger partial charge is 0.485 e. The number of hydrogen-bond acceptors (Lipinski definition) is 4. The molecule has 2 unspecified atom stereocenters. The van der Waals surface area contributed by atoms with E-state index >= 15 is 0 Å². The molecule has 32 heavy (non-hydrogen) atoms. The maximum absolute atomic E-state index is 14.3. The summed E-state index contributed by atoms with van der Waals surface area (Å²) in [5.74, 6) is -0.475. The predicted molar refractivity (Wildman–Crippen MR) is 119 cm³/mol. The van der Waals surface area contributed by atoms with Crippen molar-refractivity contribution in [3.8, 4) is 22.8 Å². The molecule has 0 saturated heterocycles. The van der Waals surface area contributed by atoms with Crippen LogP contribution < -0.4 is 9.47 Å². The number of carbonyl (C=O) groups is 1. The smallest absolute Gasteiger partial charge is 0.306 e. The van der Waals surface area contributed by atoms with Gasteiger partial charge in [0.2, 0.25) is 5.88 Å². The molecule has 2 heterocycles. The highest BCUT2D eigenvalue weighted by molar-refractivity contribution is 5.70. The second-order valence-electron chi connectivity index (χ2n) is 8.21. The number of aryl methyl sites for hydroxylation is 1. The van der Waals surface area contributed by atoms with Crippen molar-refractivity contribution in [1.82, 2.24) is 4.98 Å². The minimum atomic E-state index is -0.804. The van der Waals surface area contributed by atoms with E-state index < -0.39 is 17.7 Å². The molecule has 3 aromatic rings. The topological polar surface area (TPSA) is 68.7 Å². The highest BCUT2D eigenvalue weighted by Gasteiger charge is 2.21. The lowest BCUT2D eigenvalue weighted by atomic mass is 9.98. The van der Waals surface area contributed by atoms with Gasteiger partial charge in [0.1, 0.15) is 17.7 Å². The van der Waals surface area contributed by atoms with Crippen molar-refractivity contribution in [3.05, 3.63) is 77.2 Å². The van der Waals surface area contributed by atoms with Crippen LogP contribution in [-0.4, -0.2) is 23.2 Å². The third kappa shape index (κ3) is 4.74. The van der Waals surface area contributed by atoms with E-state index in [1.807, 2.05) is 42.5 Å². The SMILES string of the molecule is COc1cc(-c2ccc(C3CCCc4ccc(CC(C)C(=O)O)cc4O3)cc2)c(F)cn1. The van der Waals surface area contributed by atoms with E-state index in [-0.39, 0.29) is 6.10 Å². The molecule has 4 rings (SSSR count). The fourth-order valence-electron chi connectivity index (χ4n) is 4.04. The van der Waals surface area contributed by atoms with Gasteiger partial charge in [-0.2, -0.15) is 0 Å². The summed E-state index contributed by atoms with van der Waals surface area (Å²) < 4.78 is 25.8. The molecule has 1 aliphatic heterocycles. The zero-order chi connectivity index (χ0) is 22.7. The van der Waals surface area contributed by atoms with Gasteiger partial charge in [-0.05, 0) is 54.0 Å². The number of aliphatic carboxylic acids is 1. The molecule has 0 fully saturated rings. The first-order chi connectivity index (χ1) is 15.4. The monoisotopic (exact) mass is 435 g/mol. The number of rotatable bonds is 6. The highest BCUT2D eigenvalue weighted by atomic mass is 19.1. The lowest BCUT2D eigenvalue weighted by Crippen LogP contribution is -2.12. The molecular formula is C26H26FNO4. The van der Waals surface area contributed by atoms with Crippen LogP contribution in [0.15, 0.2) is 54.7 Å². The zero-order valence-electron chi connectivity index (χ0n) is 18.2. The molecule has 2 atom stereocenters. The number of fused-ring (bicyclic) bond motifs is 1. The summed E-state index contributed by atoms with van der Waals surface area (Å²) in [5.41, 5.74) is 4.30. The summed E-state index contributed by atoms with van der Waals surface area (Å²) in [6.07, 6.45) is 4.28. The molecule has 5 nitrogen and oxygen atoms in total. The van der Waals surface area contributed by atoms with Crippen LogP contribution >= 0.6 is 0 Å². The number of halogens is 1. The van der Waals surface area contributed by atoms with Gasteiger partial charge in [-0.1, -0.05) is 43.3 Å². The van der Waals surface area contributed by atoms with Crippen LogP contribution in [0.3, 0.4) is 0 Å². The van der Waals surface area contributed by atoms with E-state index in [2.05, 4.69) is 4.98 Å². The first-order valence-corrected chi connectivity index (χ1v) is 10.8. The minimum absolute atomic E-state index is 0.116. The van der Waals surface area contributed by atoms with Gasteiger partial charge < -0.3 is 14.6 Å². The second kappa shape index (κ2) is 9.39. The molecule has 166 valence electrons. The number of ether oxygens (including phenoxy) is 2. The molecule has 0 spiro atoms. The van der Waals surface area contributed by atoms with E-state index in [9.17, 15) is 14.3 Å². The Kier molecular flexibility index (Phi) is 6.40. The van der Waals surface area contributed by atoms with E-state index in [0.717, 1.165) is 53.5 Å². The molecule has 1 aliphatic rings. The van der Waals surface area contributed by atoms with Gasteiger partial charge in [0.25, 0.3) is 0 Å². The molecule has 0 aliphatic carbocycles. The van der Waals surface area contributed by atoms with Gasteiger partial charge in [0.05, 0.1) is 19.2 Å². The average molecular weight is 435 g/mol. The maximum Gasteiger partial charge on any atom is 0.306 e. The van der Waals surface area contributed by atoms with E-state index in [4.69, 9.17) is 9.47 Å². The summed E-state index contributed by atoms with van der Waals surface area (Å²) in [6, 6.07) is 15.3. The maximum atomic E-state index is 14.3. The Morgan fingerprint density at radius 1 is 1.25 bits per heavy atom. The van der Waals surface area contributed by atoms with Gasteiger partial charge in [-0.3, -0.25) is 4.79 Å². The third-order valence-corrected chi connectivity index (χ3v) is 5.91. The summed E-state index contributed by atoms with van der Waals surface area (Å²) in [7, 11) is 1.50. The summed E-state index contributed by atoms with van der Waals surface area (Å²) in [6.45, 7) is 1.71. The van der Waals surface area contributed by atoms with Crippen molar-refractivity contribution in [2.45, 2.75) is 38.7 Å². The standard InChI is InChI=1S/C26H26FNO4/c1-16(26(29)30)12-17-6-7-19-4-3-5-23(32-24(19)13-17)20-10-8-18(9-11-20)21-14-25(31-2)28-15-22(21)27/h6-11,13-16,23H,3-5,12H2,1-2H3,(H,29,30). The van der Waals surface area contributed by atoms with Crippen molar-refractivity contribution in [2.24, 2.45) is 5.92 Å². The minimum Gasteiger partial charge on any atom is -0.485 e. The van der Waals surface area contributed by atoms with Crippen LogP contribution in [0, 0.1) is 11.7 Å². The van der Waals surface area contributed by atoms with Crippen LogP contribution in [0.2, 0.25) is 0 Å². The van der Waals surface area contributed by atoms with Crippen LogP contribution in [-0.2, 0) is 17.6 Å². The number of hydrogen-bond donors (Lipinski definition) is 1. The summed E-state index contributed by atoms with van der Waals surface area (Å²) >= 11 is 0. The van der Waals surface area contributed by atoms with Crippen LogP contribution in [0.5, 0.6) is 11.6 Å². The number of nitrogens with zero attached hydrogens (tertiary/aromatic N) is 1. The van der Waals surface area contributed by atoms with Gasteiger partial charge in [-0.15, -0.1) is 0 Å². The number of carboxylic acids is 1. The third-order valence-electron chi connectivity index (χ3n) is 5.91. The fourth-order valence-corrected chi connectivity index (χ4v) is 4.04. The first-order valence-electron chi connectivity index (χ1n) is 10.8. The molecule has 2 aromatic carbocycles. The van der Waals surface area contributed by atoms with Crippen molar-refractivity contribution >= 4 is 5.97 Å². The van der Waals surface area contributed by atoms with E-state index in [0.29, 0.717) is 17.9 Å². The Hall–Kier alpha value is -3.41. The van der Waals surface area contributed by atoms with Gasteiger partial charge in [0.15, 0.2) is 0 Å². The average Bonchev–Trinajstić information content (AvgIpc) is 3.01. The first kappa shape index (κ1) is 21.8. The second-order valence-corrected chi connectivity index (χ2v) is 8.21.